The van der Waals surface area contributed by atoms with E-state index in [0.717, 1.165) is 22.4 Å². The number of nitrogens with one attached hydrogen (secondary N) is 1. The number of rotatable bonds is 6. The van der Waals surface area contributed by atoms with Crippen molar-refractivity contribution in [1.82, 2.24) is 4.98 Å². The molecule has 0 saturated carbocycles. The zero-order valence-corrected chi connectivity index (χ0v) is 18.9. The van der Waals surface area contributed by atoms with Crippen molar-refractivity contribution in [2.45, 2.75) is 0 Å². The van der Waals surface area contributed by atoms with Crippen molar-refractivity contribution < 1.29 is 14.3 Å². The highest BCUT2D eigenvalue weighted by Crippen LogP contribution is 2.28. The van der Waals surface area contributed by atoms with Gasteiger partial charge < -0.3 is 4.74 Å². The fourth-order valence-electron chi connectivity index (χ4n) is 2.92. The standard InChI is InChI=1S/C24H16Cl2N2O3S/c25-19-11-10-18(12-20(19)26)23(30)31-13-22(29)28-24-27-21(14-32-24)17-8-6-16(7-9-17)15-4-2-1-3-5-15/h1-12,14H,13H2,(H,27,28,29). The van der Waals surface area contributed by atoms with Crippen molar-refractivity contribution >= 4 is 51.5 Å². The lowest BCUT2D eigenvalue weighted by molar-refractivity contribution is -0.119. The maximum atomic E-state index is 12.1. The molecule has 0 spiro atoms. The van der Waals surface area contributed by atoms with Gasteiger partial charge in [0, 0.05) is 10.9 Å². The minimum absolute atomic E-state index is 0.211. The van der Waals surface area contributed by atoms with Crippen LogP contribution in [-0.2, 0) is 9.53 Å². The maximum absolute atomic E-state index is 12.1. The third-order valence-corrected chi connectivity index (χ3v) is 6.02. The van der Waals surface area contributed by atoms with Gasteiger partial charge in [0.25, 0.3) is 5.91 Å². The van der Waals surface area contributed by atoms with Gasteiger partial charge in [-0.3, -0.25) is 10.1 Å². The Balaban J connectivity index is 1.34. The zero-order valence-electron chi connectivity index (χ0n) is 16.5. The predicted octanol–water partition coefficient (Wildman–Crippen LogP) is 6.58. The molecule has 0 atom stereocenters. The van der Waals surface area contributed by atoms with Crippen LogP contribution in [0.2, 0.25) is 10.0 Å². The molecule has 4 rings (SSSR count). The monoisotopic (exact) mass is 482 g/mol. The molecule has 1 heterocycles. The average molecular weight is 483 g/mol. The van der Waals surface area contributed by atoms with Gasteiger partial charge in [-0.05, 0) is 29.3 Å². The molecule has 0 radical (unpaired) electrons. The van der Waals surface area contributed by atoms with Crippen LogP contribution >= 0.6 is 34.5 Å². The number of carbonyl (C=O) groups excluding carboxylic acids is 2. The van der Waals surface area contributed by atoms with E-state index in [1.54, 1.807) is 0 Å². The summed E-state index contributed by atoms with van der Waals surface area (Å²) in [6, 6.07) is 22.5. The van der Waals surface area contributed by atoms with Crippen LogP contribution in [0, 0.1) is 0 Å². The van der Waals surface area contributed by atoms with E-state index < -0.39 is 18.5 Å². The number of hydrogen-bond acceptors (Lipinski definition) is 5. The number of carbonyl (C=O) groups is 2. The summed E-state index contributed by atoms with van der Waals surface area (Å²) in [5, 5.41) is 5.48. The Morgan fingerprint density at radius 2 is 1.56 bits per heavy atom. The number of hydrogen-bond donors (Lipinski definition) is 1. The molecular formula is C24H16Cl2N2O3S. The molecule has 1 aromatic heterocycles. The first-order chi connectivity index (χ1) is 15.5. The summed E-state index contributed by atoms with van der Waals surface area (Å²) in [4.78, 5) is 28.7. The Morgan fingerprint density at radius 3 is 2.28 bits per heavy atom. The molecule has 0 fully saturated rings. The fourth-order valence-corrected chi connectivity index (χ4v) is 3.95. The molecule has 4 aromatic rings. The van der Waals surface area contributed by atoms with E-state index in [-0.39, 0.29) is 10.6 Å². The highest BCUT2D eigenvalue weighted by Gasteiger charge is 2.13. The van der Waals surface area contributed by atoms with Crippen molar-refractivity contribution in [2.75, 3.05) is 11.9 Å². The van der Waals surface area contributed by atoms with Crippen LogP contribution in [0.5, 0.6) is 0 Å². The summed E-state index contributed by atoms with van der Waals surface area (Å²) >= 11 is 13.0. The van der Waals surface area contributed by atoms with Crippen molar-refractivity contribution in [2.24, 2.45) is 0 Å². The van der Waals surface area contributed by atoms with E-state index in [1.165, 1.54) is 29.5 Å². The quantitative estimate of drug-likeness (QED) is 0.315. The molecule has 1 amide bonds. The van der Waals surface area contributed by atoms with E-state index >= 15 is 0 Å². The smallest absolute Gasteiger partial charge is 0.338 e. The molecule has 1 N–H and O–H groups in total. The third-order valence-electron chi connectivity index (χ3n) is 4.53. The first-order valence-corrected chi connectivity index (χ1v) is 11.2. The van der Waals surface area contributed by atoms with E-state index in [4.69, 9.17) is 27.9 Å². The van der Waals surface area contributed by atoms with Crippen LogP contribution in [-0.4, -0.2) is 23.5 Å². The minimum Gasteiger partial charge on any atom is -0.452 e. The molecule has 160 valence electrons. The van der Waals surface area contributed by atoms with E-state index in [1.807, 2.05) is 47.8 Å². The van der Waals surface area contributed by atoms with Crippen LogP contribution in [0.3, 0.4) is 0 Å². The lowest BCUT2D eigenvalue weighted by atomic mass is 10.0. The number of ether oxygens (including phenoxy) is 1. The molecule has 0 aliphatic heterocycles. The lowest BCUT2D eigenvalue weighted by Crippen LogP contribution is -2.20. The number of anilines is 1. The van der Waals surface area contributed by atoms with Gasteiger partial charge in [-0.15, -0.1) is 11.3 Å². The van der Waals surface area contributed by atoms with Crippen molar-refractivity contribution in [3.05, 3.63) is 93.8 Å². The minimum atomic E-state index is -0.669. The largest absolute Gasteiger partial charge is 0.452 e. The van der Waals surface area contributed by atoms with Crippen LogP contribution in [0.15, 0.2) is 78.2 Å². The van der Waals surface area contributed by atoms with Gasteiger partial charge in [0.05, 0.1) is 21.3 Å². The Bertz CT molecular complexity index is 1260. The van der Waals surface area contributed by atoms with Gasteiger partial charge in [0.1, 0.15) is 0 Å². The molecular weight excluding hydrogens is 467 g/mol. The maximum Gasteiger partial charge on any atom is 0.338 e. The number of thiazole rings is 1. The zero-order chi connectivity index (χ0) is 22.5. The molecule has 8 heteroatoms. The van der Waals surface area contributed by atoms with Crippen molar-refractivity contribution in [3.63, 3.8) is 0 Å². The Hall–Kier alpha value is -3.19. The van der Waals surface area contributed by atoms with Crippen LogP contribution in [0.1, 0.15) is 10.4 Å². The summed E-state index contributed by atoms with van der Waals surface area (Å²) in [5.74, 6) is -1.16. The van der Waals surface area contributed by atoms with Gasteiger partial charge in [-0.1, -0.05) is 77.8 Å². The Morgan fingerprint density at radius 1 is 0.875 bits per heavy atom. The fraction of sp³-hybridized carbons (Fsp3) is 0.0417. The topological polar surface area (TPSA) is 68.3 Å². The predicted molar refractivity (Wildman–Crippen MR) is 128 cm³/mol. The summed E-state index contributed by atoms with van der Waals surface area (Å²) < 4.78 is 5.03. The van der Waals surface area contributed by atoms with Crippen LogP contribution in [0.4, 0.5) is 5.13 Å². The summed E-state index contributed by atoms with van der Waals surface area (Å²) in [6.07, 6.45) is 0. The first kappa shape index (κ1) is 22.0. The van der Waals surface area contributed by atoms with Crippen LogP contribution < -0.4 is 5.32 Å². The average Bonchev–Trinajstić information content (AvgIpc) is 3.28. The van der Waals surface area contributed by atoms with E-state index in [2.05, 4.69) is 22.4 Å². The van der Waals surface area contributed by atoms with E-state index in [0.29, 0.717) is 10.2 Å². The van der Waals surface area contributed by atoms with Gasteiger partial charge in [-0.25, -0.2) is 9.78 Å². The van der Waals surface area contributed by atoms with Gasteiger partial charge in [0.2, 0.25) is 0 Å². The molecule has 32 heavy (non-hydrogen) atoms. The Kier molecular flexibility index (Phi) is 6.85. The first-order valence-electron chi connectivity index (χ1n) is 9.53. The highest BCUT2D eigenvalue weighted by molar-refractivity contribution is 7.14. The normalized spacial score (nSPS) is 10.6. The SMILES string of the molecule is O=C(COC(=O)c1ccc(Cl)c(Cl)c1)Nc1nc(-c2ccc(-c3ccccc3)cc2)cs1. The molecule has 0 bridgehead atoms. The lowest BCUT2D eigenvalue weighted by Gasteiger charge is -2.05. The molecule has 5 nitrogen and oxygen atoms in total. The van der Waals surface area contributed by atoms with Gasteiger partial charge in [-0.2, -0.15) is 0 Å². The Labute approximate surface area is 198 Å². The number of nitrogens with zero attached hydrogens (tertiary/aromatic N) is 1. The highest BCUT2D eigenvalue weighted by atomic mass is 35.5. The molecule has 0 saturated heterocycles. The third kappa shape index (κ3) is 5.34. The van der Waals surface area contributed by atoms with Crippen molar-refractivity contribution in [1.29, 1.82) is 0 Å². The van der Waals surface area contributed by atoms with Gasteiger partial charge in [0.15, 0.2) is 11.7 Å². The number of halogens is 2. The second-order valence-electron chi connectivity index (χ2n) is 6.73. The number of aromatic nitrogens is 1. The second-order valence-corrected chi connectivity index (χ2v) is 8.41. The molecule has 0 aliphatic rings. The molecule has 3 aromatic carbocycles. The van der Waals surface area contributed by atoms with Gasteiger partial charge >= 0.3 is 5.97 Å². The molecule has 0 aliphatic carbocycles. The van der Waals surface area contributed by atoms with E-state index in [9.17, 15) is 9.59 Å². The number of benzene rings is 3. The summed E-state index contributed by atoms with van der Waals surface area (Å²) in [5.41, 5.74) is 4.15. The van der Waals surface area contributed by atoms with Crippen molar-refractivity contribution in [3.8, 4) is 22.4 Å². The number of amides is 1. The molecule has 0 unspecified atom stereocenters. The van der Waals surface area contributed by atoms with Crippen LogP contribution in [0.25, 0.3) is 22.4 Å². The second kappa shape index (κ2) is 9.96. The summed E-state index contributed by atoms with van der Waals surface area (Å²) in [7, 11) is 0. The number of esters is 1. The summed E-state index contributed by atoms with van der Waals surface area (Å²) in [6.45, 7) is -0.445.